The van der Waals surface area contributed by atoms with Gasteiger partial charge in [-0.3, -0.25) is 0 Å². The second-order valence-electron chi connectivity index (χ2n) is 4.35. The number of ether oxygens (including phenoxy) is 2. The summed E-state index contributed by atoms with van der Waals surface area (Å²) in [6, 6.07) is 2.78. The van der Waals surface area contributed by atoms with Crippen molar-refractivity contribution in [2.24, 2.45) is 0 Å². The minimum absolute atomic E-state index is 0.0690. The van der Waals surface area contributed by atoms with Gasteiger partial charge in [-0.2, -0.15) is 22.7 Å². The number of carbonyl (C=O) groups is 4. The molecule has 0 aromatic carbocycles. The maximum absolute atomic E-state index is 11.9. The molecule has 0 unspecified atom stereocenters. The summed E-state index contributed by atoms with van der Waals surface area (Å²) in [7, 11) is 0. The predicted octanol–water partition coefficient (Wildman–Crippen LogP) is 1.73. The van der Waals surface area contributed by atoms with Gasteiger partial charge in [0.1, 0.15) is 0 Å². The molecule has 2 rings (SSSR count). The van der Waals surface area contributed by atoms with Crippen LogP contribution in [0.1, 0.15) is 20.7 Å². The predicted molar refractivity (Wildman–Crippen MR) is 82.3 cm³/mol. The van der Waals surface area contributed by atoms with Crippen molar-refractivity contribution in [2.75, 3.05) is 0 Å². The van der Waals surface area contributed by atoms with Crippen LogP contribution in [0.3, 0.4) is 0 Å². The lowest BCUT2D eigenvalue weighted by molar-refractivity contribution is -0.166. The van der Waals surface area contributed by atoms with Gasteiger partial charge >= 0.3 is 23.9 Å². The second-order valence-corrected chi connectivity index (χ2v) is 5.91. The molecule has 0 aliphatic carbocycles. The van der Waals surface area contributed by atoms with Crippen LogP contribution in [0, 0.1) is 0 Å². The molecular weight excluding hydrogens is 360 g/mol. The molecule has 10 heteroatoms. The number of carbonyl (C=O) groups excluding carboxylic acids is 2. The normalized spacial score (nSPS) is 12.8. The van der Waals surface area contributed by atoms with Crippen molar-refractivity contribution in [1.29, 1.82) is 0 Å². The maximum atomic E-state index is 11.9. The van der Waals surface area contributed by atoms with E-state index in [4.69, 9.17) is 19.7 Å². The number of esters is 2. The number of aliphatic carboxylic acids is 2. The molecule has 0 radical (unpaired) electrons. The van der Waals surface area contributed by atoms with E-state index in [1.807, 2.05) is 0 Å². The Morgan fingerprint density at radius 2 is 1.17 bits per heavy atom. The molecule has 0 amide bonds. The Hall–Kier alpha value is -2.72. The van der Waals surface area contributed by atoms with Crippen LogP contribution < -0.4 is 0 Å². The highest BCUT2D eigenvalue weighted by Crippen LogP contribution is 2.15. The van der Waals surface area contributed by atoms with Crippen molar-refractivity contribution < 1.29 is 38.9 Å². The van der Waals surface area contributed by atoms with Crippen molar-refractivity contribution in [3.63, 3.8) is 0 Å². The minimum atomic E-state index is -2.18. The zero-order valence-electron chi connectivity index (χ0n) is 11.8. The van der Waals surface area contributed by atoms with Crippen LogP contribution in [0.5, 0.6) is 0 Å². The van der Waals surface area contributed by atoms with Gasteiger partial charge in [0.05, 0.1) is 11.1 Å². The van der Waals surface area contributed by atoms with Crippen LogP contribution in [-0.2, 0) is 19.1 Å². The largest absolute Gasteiger partial charge is 0.478 e. The highest BCUT2D eigenvalue weighted by molar-refractivity contribution is 7.08. The Balaban J connectivity index is 2.18. The van der Waals surface area contributed by atoms with E-state index >= 15 is 0 Å². The summed E-state index contributed by atoms with van der Waals surface area (Å²) in [5.41, 5.74) is 0.138. The van der Waals surface area contributed by atoms with Gasteiger partial charge in [-0.25, -0.2) is 19.2 Å². The Morgan fingerprint density at radius 1 is 0.792 bits per heavy atom. The molecule has 0 saturated heterocycles. The monoisotopic (exact) mass is 370 g/mol. The zero-order valence-corrected chi connectivity index (χ0v) is 13.4. The van der Waals surface area contributed by atoms with E-state index in [0.29, 0.717) is 0 Å². The molecule has 0 fully saturated rings. The standard InChI is InChI=1S/C14H10O8S2/c15-11(16)9(21-13(19)7-1-3-23-5-7)10(12(17)18)22-14(20)8-2-4-24-6-8/h1-6,9-10H,(H,15,16)(H,17,18)/t9-,10-/m1/s1. The summed E-state index contributed by atoms with van der Waals surface area (Å²) in [5, 5.41) is 24.3. The average molecular weight is 370 g/mol. The number of carboxylic acids is 2. The first-order valence-electron chi connectivity index (χ1n) is 6.32. The van der Waals surface area contributed by atoms with Crippen LogP contribution in [-0.4, -0.2) is 46.3 Å². The van der Waals surface area contributed by atoms with Gasteiger partial charge in [0.2, 0.25) is 12.2 Å². The van der Waals surface area contributed by atoms with Gasteiger partial charge in [-0.05, 0) is 22.9 Å². The van der Waals surface area contributed by atoms with E-state index in [-0.39, 0.29) is 11.1 Å². The zero-order chi connectivity index (χ0) is 17.7. The molecule has 0 aliphatic heterocycles. The molecule has 2 atom stereocenters. The molecule has 0 aliphatic rings. The third-order valence-corrected chi connectivity index (χ3v) is 4.11. The van der Waals surface area contributed by atoms with Gasteiger partial charge in [0, 0.05) is 10.8 Å². The van der Waals surface area contributed by atoms with Gasteiger partial charge < -0.3 is 19.7 Å². The molecule has 2 aromatic rings. The Bertz CT molecular complexity index is 671. The molecule has 126 valence electrons. The molecule has 2 N–H and O–H groups in total. The quantitative estimate of drug-likeness (QED) is 0.706. The first-order chi connectivity index (χ1) is 11.4. The van der Waals surface area contributed by atoms with Gasteiger partial charge in [0.15, 0.2) is 0 Å². The molecule has 0 bridgehead atoms. The van der Waals surface area contributed by atoms with Crippen molar-refractivity contribution in [1.82, 2.24) is 0 Å². The van der Waals surface area contributed by atoms with Crippen LogP contribution in [0.15, 0.2) is 33.7 Å². The van der Waals surface area contributed by atoms with Gasteiger partial charge in [0.25, 0.3) is 0 Å². The van der Waals surface area contributed by atoms with E-state index in [1.165, 1.54) is 45.6 Å². The lowest BCUT2D eigenvalue weighted by atomic mass is 10.2. The minimum Gasteiger partial charge on any atom is -0.478 e. The first-order valence-corrected chi connectivity index (χ1v) is 8.20. The molecule has 0 spiro atoms. The lowest BCUT2D eigenvalue weighted by Crippen LogP contribution is -2.45. The van der Waals surface area contributed by atoms with Gasteiger partial charge in [-0.1, -0.05) is 0 Å². The van der Waals surface area contributed by atoms with Crippen LogP contribution in [0.2, 0.25) is 0 Å². The summed E-state index contributed by atoms with van der Waals surface area (Å²) < 4.78 is 9.42. The summed E-state index contributed by atoms with van der Waals surface area (Å²) in [4.78, 5) is 46.3. The number of hydrogen-bond acceptors (Lipinski definition) is 8. The fourth-order valence-corrected chi connectivity index (χ4v) is 2.86. The molecular formula is C14H10O8S2. The smallest absolute Gasteiger partial charge is 0.349 e. The number of rotatable bonds is 7. The summed E-state index contributed by atoms with van der Waals surface area (Å²) in [6.45, 7) is 0. The average Bonchev–Trinajstić information content (AvgIpc) is 3.22. The molecule has 0 saturated carbocycles. The van der Waals surface area contributed by atoms with Gasteiger partial charge in [-0.15, -0.1) is 0 Å². The summed E-state index contributed by atoms with van der Waals surface area (Å²) >= 11 is 2.36. The van der Waals surface area contributed by atoms with Crippen molar-refractivity contribution in [3.8, 4) is 0 Å². The number of thiophene rings is 2. The van der Waals surface area contributed by atoms with E-state index in [1.54, 1.807) is 10.8 Å². The van der Waals surface area contributed by atoms with Crippen LogP contribution in [0.4, 0.5) is 0 Å². The topological polar surface area (TPSA) is 127 Å². The third-order valence-electron chi connectivity index (χ3n) is 2.74. The summed E-state index contributed by atoms with van der Waals surface area (Å²) in [6.07, 6.45) is -4.37. The molecule has 2 heterocycles. The highest BCUT2D eigenvalue weighted by atomic mass is 32.1. The molecule has 24 heavy (non-hydrogen) atoms. The lowest BCUT2D eigenvalue weighted by Gasteiger charge is -2.20. The van der Waals surface area contributed by atoms with Crippen LogP contribution in [0.25, 0.3) is 0 Å². The van der Waals surface area contributed by atoms with Crippen LogP contribution >= 0.6 is 22.7 Å². The third kappa shape index (κ3) is 4.18. The molecule has 8 nitrogen and oxygen atoms in total. The highest BCUT2D eigenvalue weighted by Gasteiger charge is 2.41. The van der Waals surface area contributed by atoms with E-state index in [0.717, 1.165) is 0 Å². The van der Waals surface area contributed by atoms with Crippen molar-refractivity contribution in [3.05, 3.63) is 44.8 Å². The van der Waals surface area contributed by atoms with E-state index < -0.39 is 36.1 Å². The summed E-state index contributed by atoms with van der Waals surface area (Å²) in [5.74, 6) is -5.55. The SMILES string of the molecule is O=C(O[C@@H](C(=O)O)[C@@H](OC(=O)c1ccsc1)C(=O)O)c1ccsc1. The van der Waals surface area contributed by atoms with E-state index in [2.05, 4.69) is 0 Å². The Labute approximate surface area is 142 Å². The Kier molecular flexibility index (Phi) is 5.66. The fourth-order valence-electron chi connectivity index (χ4n) is 1.61. The first kappa shape index (κ1) is 17.6. The van der Waals surface area contributed by atoms with E-state index in [9.17, 15) is 19.2 Å². The van der Waals surface area contributed by atoms with Crippen molar-refractivity contribution in [2.45, 2.75) is 12.2 Å². The maximum Gasteiger partial charge on any atom is 0.349 e. The fraction of sp³-hybridized carbons (Fsp3) is 0.143. The molecule has 2 aromatic heterocycles. The number of hydrogen-bond donors (Lipinski definition) is 2. The Morgan fingerprint density at radius 3 is 1.42 bits per heavy atom. The number of carboxylic acid groups (broad SMARTS) is 2. The van der Waals surface area contributed by atoms with Crippen molar-refractivity contribution >= 4 is 46.6 Å². The second kappa shape index (κ2) is 7.70.